The van der Waals surface area contributed by atoms with Crippen LogP contribution in [0.15, 0.2) is 17.3 Å². The maximum Gasteiger partial charge on any atom is 0.324 e. The highest BCUT2D eigenvalue weighted by Crippen LogP contribution is 2.26. The molecule has 108 valence electrons. The number of sulfone groups is 1. The normalized spacial score (nSPS) is 11.8. The summed E-state index contributed by atoms with van der Waals surface area (Å²) in [6, 6.07) is 2.45. The number of hydrogen-bond donors (Lipinski definition) is 0. The molecule has 0 bridgehead atoms. The first-order valence-electron chi connectivity index (χ1n) is 4.77. The van der Waals surface area contributed by atoms with Gasteiger partial charge in [0.25, 0.3) is 0 Å². The minimum atomic E-state index is -4.37. The fraction of sp³-hybridized carbons (Fsp3) is 0.250. The number of pyridine rings is 1. The van der Waals surface area contributed by atoms with Crippen molar-refractivity contribution in [2.24, 2.45) is 0 Å². The molecule has 1 heterocycles. The molecule has 0 aliphatic heterocycles. The van der Waals surface area contributed by atoms with Gasteiger partial charge in [-0.1, -0.05) is 0 Å². The summed E-state index contributed by atoms with van der Waals surface area (Å²) in [6.07, 6.45) is 0.910. The molecule has 0 aliphatic rings. The average molecular weight is 340 g/mol. The zero-order valence-corrected chi connectivity index (χ0v) is 11.9. The Morgan fingerprint density at radius 2 is 1.95 bits per heavy atom. The quantitative estimate of drug-likeness (QED) is 0.419. The van der Waals surface area contributed by atoms with Gasteiger partial charge in [-0.15, -0.1) is 0 Å². The largest absolute Gasteiger partial charge is 0.324 e. The Morgan fingerprint density at radius 1 is 1.35 bits per heavy atom. The topological polar surface area (TPSA) is 148 Å². The molecule has 20 heavy (non-hydrogen) atoms. The fourth-order valence-electron chi connectivity index (χ4n) is 1.23. The summed E-state index contributed by atoms with van der Waals surface area (Å²) in [5.41, 5.74) is -1.47. The molecule has 1 rings (SSSR count). The molecule has 0 aromatic carbocycles. The van der Waals surface area contributed by atoms with Gasteiger partial charge in [0.2, 0.25) is 23.9 Å². The van der Waals surface area contributed by atoms with Crippen LogP contribution in [0.4, 0.5) is 5.69 Å². The van der Waals surface area contributed by atoms with E-state index in [1.54, 1.807) is 0 Å². The Balaban J connectivity index is 3.40. The van der Waals surface area contributed by atoms with Gasteiger partial charge in [-0.25, -0.2) is 21.8 Å². The number of nitro groups is 1. The third kappa shape index (κ3) is 3.86. The highest BCUT2D eigenvalue weighted by molar-refractivity contribution is 8.14. The zero-order valence-electron chi connectivity index (χ0n) is 9.55. The lowest BCUT2D eigenvalue weighted by atomic mass is 10.2. The van der Waals surface area contributed by atoms with Gasteiger partial charge in [0, 0.05) is 16.9 Å². The van der Waals surface area contributed by atoms with Gasteiger partial charge < -0.3 is 0 Å². The van der Waals surface area contributed by atoms with E-state index in [2.05, 4.69) is 4.98 Å². The molecule has 0 aliphatic carbocycles. The van der Waals surface area contributed by atoms with Gasteiger partial charge in [0.15, 0.2) is 0 Å². The van der Waals surface area contributed by atoms with Crippen LogP contribution in [0.3, 0.4) is 0 Å². The van der Waals surface area contributed by atoms with Crippen molar-refractivity contribution in [3.63, 3.8) is 0 Å². The smallest absolute Gasteiger partial charge is 0.258 e. The molecule has 12 heteroatoms. The average Bonchev–Trinajstić information content (AvgIpc) is 2.34. The van der Waals surface area contributed by atoms with Crippen molar-refractivity contribution in [1.82, 2.24) is 4.98 Å². The lowest BCUT2D eigenvalue weighted by Crippen LogP contribution is -2.17. The molecule has 0 unspecified atom stereocenters. The first kappa shape index (κ1) is 16.3. The summed E-state index contributed by atoms with van der Waals surface area (Å²) >= 11 is 0. The minimum absolute atomic E-state index is 0.489. The van der Waals surface area contributed by atoms with Crippen LogP contribution in [-0.2, 0) is 18.9 Å². The summed E-state index contributed by atoms with van der Waals surface area (Å²) in [5, 5.41) is 18.6. The Bertz CT molecular complexity index is 796. The Labute approximate surface area is 118 Å². The summed E-state index contributed by atoms with van der Waals surface area (Å²) in [7, 11) is -3.56. The minimum Gasteiger partial charge on any atom is -0.258 e. The zero-order chi connectivity index (χ0) is 15.6. The van der Waals surface area contributed by atoms with E-state index in [9.17, 15) is 26.9 Å². The van der Waals surface area contributed by atoms with Gasteiger partial charge in [-0.05, 0) is 6.07 Å². The molecular weight excluding hydrogens is 334 g/mol. The number of aromatic nitrogens is 1. The molecule has 0 spiro atoms. The molecule has 0 saturated heterocycles. The second-order valence-corrected chi connectivity index (χ2v) is 8.36. The monoisotopic (exact) mass is 339 g/mol. The van der Waals surface area contributed by atoms with E-state index < -0.39 is 51.6 Å². The third-order valence-electron chi connectivity index (χ3n) is 2.08. The summed E-state index contributed by atoms with van der Waals surface area (Å²) in [6.45, 7) is 0. The van der Waals surface area contributed by atoms with Crippen LogP contribution in [0.1, 0.15) is 5.56 Å². The van der Waals surface area contributed by atoms with E-state index in [0.29, 0.717) is 0 Å². The number of halogens is 1. The van der Waals surface area contributed by atoms with Gasteiger partial charge in [0.1, 0.15) is 11.6 Å². The Kier molecular flexibility index (Phi) is 4.64. The van der Waals surface area contributed by atoms with Crippen molar-refractivity contribution < 1.29 is 21.8 Å². The van der Waals surface area contributed by atoms with Crippen molar-refractivity contribution in [2.45, 2.75) is 5.03 Å². The number of nitrogens with zero attached hydrogens (tertiary/aromatic N) is 3. The third-order valence-corrected chi connectivity index (χ3v) is 5.13. The molecule has 0 radical (unpaired) electrons. The number of hydrogen-bond acceptors (Lipinski definition) is 8. The summed E-state index contributed by atoms with van der Waals surface area (Å²) in [5.74, 6) is -1.89. The van der Waals surface area contributed by atoms with E-state index in [4.69, 9.17) is 15.9 Å². The summed E-state index contributed by atoms with van der Waals surface area (Å²) in [4.78, 5) is 13.2. The van der Waals surface area contributed by atoms with Gasteiger partial charge in [0.05, 0.1) is 16.4 Å². The van der Waals surface area contributed by atoms with Crippen molar-refractivity contribution >= 4 is 35.3 Å². The van der Waals surface area contributed by atoms with Crippen LogP contribution in [0.2, 0.25) is 0 Å². The summed E-state index contributed by atoms with van der Waals surface area (Å²) < 4.78 is 45.2. The van der Waals surface area contributed by atoms with E-state index in [1.807, 2.05) is 0 Å². The van der Waals surface area contributed by atoms with Crippen LogP contribution in [0, 0.1) is 21.4 Å². The predicted octanol–water partition coefficient (Wildman–Crippen LogP) is 0.204. The van der Waals surface area contributed by atoms with Crippen LogP contribution in [0.5, 0.6) is 0 Å². The molecular formula is C8H6ClN3O6S2. The molecule has 0 atom stereocenters. The second kappa shape index (κ2) is 5.70. The van der Waals surface area contributed by atoms with Crippen LogP contribution < -0.4 is 0 Å². The van der Waals surface area contributed by atoms with E-state index in [1.165, 1.54) is 6.07 Å². The standard InChI is InChI=1S/C8H6ClN3O6S2/c9-20(17,18)4-3-19(15,16)8-7(12(13)14)6(5-10)1-2-11-8/h1-2H,3-4H2. The Morgan fingerprint density at radius 3 is 2.40 bits per heavy atom. The molecule has 0 saturated carbocycles. The van der Waals surface area contributed by atoms with Gasteiger partial charge >= 0.3 is 5.69 Å². The first-order chi connectivity index (χ1) is 9.08. The highest BCUT2D eigenvalue weighted by Gasteiger charge is 2.31. The van der Waals surface area contributed by atoms with Crippen LogP contribution >= 0.6 is 10.7 Å². The predicted molar refractivity (Wildman–Crippen MR) is 67.3 cm³/mol. The number of rotatable bonds is 5. The molecule has 0 fully saturated rings. The first-order valence-corrected chi connectivity index (χ1v) is 8.90. The molecule has 1 aromatic heterocycles. The molecule has 9 nitrogen and oxygen atoms in total. The van der Waals surface area contributed by atoms with E-state index >= 15 is 0 Å². The lowest BCUT2D eigenvalue weighted by Gasteiger charge is -2.04. The van der Waals surface area contributed by atoms with Crippen molar-refractivity contribution in [3.8, 4) is 6.07 Å². The maximum absolute atomic E-state index is 11.9. The van der Waals surface area contributed by atoms with Crippen LogP contribution in [-0.4, -0.2) is 38.2 Å². The van der Waals surface area contributed by atoms with Crippen LogP contribution in [0.25, 0.3) is 0 Å². The second-order valence-electron chi connectivity index (χ2n) is 3.44. The van der Waals surface area contributed by atoms with E-state index in [0.717, 1.165) is 12.3 Å². The van der Waals surface area contributed by atoms with Gasteiger partial charge in [-0.2, -0.15) is 5.26 Å². The molecule has 1 aromatic rings. The lowest BCUT2D eigenvalue weighted by molar-refractivity contribution is -0.388. The maximum atomic E-state index is 11.9. The number of nitriles is 1. The molecule has 0 amide bonds. The SMILES string of the molecule is N#Cc1ccnc(S(=O)(=O)CCS(=O)(=O)Cl)c1[N+](=O)[O-]. The van der Waals surface area contributed by atoms with E-state index in [-0.39, 0.29) is 0 Å². The van der Waals surface area contributed by atoms with Crippen molar-refractivity contribution in [3.05, 3.63) is 27.9 Å². The van der Waals surface area contributed by atoms with Gasteiger partial charge in [-0.3, -0.25) is 10.1 Å². The molecule has 0 N–H and O–H groups in total. The van der Waals surface area contributed by atoms with Crippen molar-refractivity contribution in [2.75, 3.05) is 11.5 Å². The highest BCUT2D eigenvalue weighted by atomic mass is 35.7. The van der Waals surface area contributed by atoms with Crippen molar-refractivity contribution in [1.29, 1.82) is 5.26 Å². The Hall–Kier alpha value is -1.77. The fourth-order valence-corrected chi connectivity index (χ4v) is 4.37.